The van der Waals surface area contributed by atoms with Gasteiger partial charge in [0, 0.05) is 16.7 Å². The third kappa shape index (κ3) is 2.37. The van der Waals surface area contributed by atoms with E-state index in [0.29, 0.717) is 0 Å². The van der Waals surface area contributed by atoms with Crippen LogP contribution in [0.4, 0.5) is 0 Å². The highest BCUT2D eigenvalue weighted by atomic mass is 16.6. The summed E-state index contributed by atoms with van der Waals surface area (Å²) >= 11 is 0. The molecule has 1 saturated heterocycles. The van der Waals surface area contributed by atoms with Gasteiger partial charge in [0.1, 0.15) is 12.8 Å². The van der Waals surface area contributed by atoms with E-state index < -0.39 is 47.3 Å². The van der Waals surface area contributed by atoms with Crippen LogP contribution < -0.4 is 11.2 Å². The lowest BCUT2D eigenvalue weighted by Gasteiger charge is -2.21. The third-order valence-electron chi connectivity index (χ3n) is 3.71. The van der Waals surface area contributed by atoms with E-state index in [0.717, 1.165) is 4.57 Å². The number of hydrogen-bond acceptors (Lipinski definition) is 7. The number of nitrogens with one attached hydrogen (secondary N) is 1. The molecule has 1 aromatic rings. The first kappa shape index (κ1) is 15.4. The first-order chi connectivity index (χ1) is 9.85. The van der Waals surface area contributed by atoms with Crippen molar-refractivity contribution in [2.45, 2.75) is 31.2 Å². The normalized spacial score (nSPS) is 28.7. The number of nitrogens with zero attached hydrogens (tertiary/aromatic N) is 2. The van der Waals surface area contributed by atoms with Crippen molar-refractivity contribution in [2.24, 2.45) is 0 Å². The molecule has 116 valence electrons. The molecule has 0 spiro atoms. The molecule has 0 saturated carbocycles. The Kier molecular flexibility index (Phi) is 3.94. The van der Waals surface area contributed by atoms with Crippen LogP contribution in [-0.4, -0.2) is 49.5 Å². The minimum atomic E-state index is -1.89. The van der Waals surface area contributed by atoms with E-state index in [1.54, 1.807) is 0 Å². The predicted octanol–water partition coefficient (Wildman–Crippen LogP) is -1.87. The van der Waals surface area contributed by atoms with Gasteiger partial charge in [-0.05, 0) is 6.92 Å². The number of aromatic nitrogens is 2. The number of ether oxygens (including phenoxy) is 1. The van der Waals surface area contributed by atoms with Gasteiger partial charge in [0.05, 0.1) is 13.0 Å². The molecule has 3 atom stereocenters. The fraction of sp³-hybridized carbons (Fsp3) is 0.636. The molecule has 1 aliphatic rings. The van der Waals surface area contributed by atoms with E-state index in [1.165, 1.54) is 13.1 Å². The van der Waals surface area contributed by atoms with Crippen LogP contribution in [0.3, 0.4) is 0 Å². The van der Waals surface area contributed by atoms with Gasteiger partial charge in [-0.3, -0.25) is 24.5 Å². The highest BCUT2D eigenvalue weighted by Crippen LogP contribution is 2.37. The van der Waals surface area contributed by atoms with Gasteiger partial charge < -0.3 is 14.9 Å². The Morgan fingerprint density at radius 2 is 2.24 bits per heavy atom. The average Bonchev–Trinajstić information content (AvgIpc) is 2.82. The molecule has 3 N–H and O–H groups in total. The first-order valence-electron chi connectivity index (χ1n) is 6.19. The van der Waals surface area contributed by atoms with E-state index in [4.69, 9.17) is 4.74 Å². The highest BCUT2D eigenvalue weighted by Gasteiger charge is 2.59. The van der Waals surface area contributed by atoms with Crippen molar-refractivity contribution in [2.75, 3.05) is 13.2 Å². The van der Waals surface area contributed by atoms with E-state index in [2.05, 4.69) is 4.98 Å². The lowest BCUT2D eigenvalue weighted by atomic mass is 9.92. The van der Waals surface area contributed by atoms with Crippen LogP contribution >= 0.6 is 0 Å². The van der Waals surface area contributed by atoms with Crippen molar-refractivity contribution in [3.05, 3.63) is 42.7 Å². The molecule has 21 heavy (non-hydrogen) atoms. The zero-order valence-electron chi connectivity index (χ0n) is 11.2. The van der Waals surface area contributed by atoms with Crippen molar-refractivity contribution in [1.29, 1.82) is 0 Å². The van der Waals surface area contributed by atoms with Crippen molar-refractivity contribution in [1.82, 2.24) is 9.55 Å². The molecule has 2 rings (SSSR count). The van der Waals surface area contributed by atoms with E-state index >= 15 is 0 Å². The van der Waals surface area contributed by atoms with Gasteiger partial charge in [0.2, 0.25) is 0 Å². The Labute approximate surface area is 117 Å². The molecule has 0 radical (unpaired) electrons. The van der Waals surface area contributed by atoms with Crippen LogP contribution in [0.15, 0.2) is 15.8 Å². The minimum absolute atomic E-state index is 0.237. The lowest BCUT2D eigenvalue weighted by molar-refractivity contribution is -0.579. The SMILES string of the molecule is Cc1cn([C@H]2C[C@](CO)([N+](=O)[O-])[C@@H](CO)O2)c(=O)[nH]c1=O. The second kappa shape index (κ2) is 5.39. The van der Waals surface area contributed by atoms with Crippen molar-refractivity contribution >= 4 is 0 Å². The second-order valence-corrected chi connectivity index (χ2v) is 4.96. The van der Waals surface area contributed by atoms with Gasteiger partial charge in [0.15, 0.2) is 6.10 Å². The molecule has 0 aliphatic carbocycles. The molecule has 2 heterocycles. The lowest BCUT2D eigenvalue weighted by Crippen LogP contribution is -2.50. The maximum Gasteiger partial charge on any atom is 0.330 e. The predicted molar refractivity (Wildman–Crippen MR) is 68.5 cm³/mol. The topological polar surface area (TPSA) is 148 Å². The van der Waals surface area contributed by atoms with Crippen molar-refractivity contribution in [3.63, 3.8) is 0 Å². The molecule has 1 aliphatic heterocycles. The average molecular weight is 301 g/mol. The molecule has 0 aromatic carbocycles. The maximum atomic E-state index is 11.8. The van der Waals surface area contributed by atoms with Gasteiger partial charge >= 0.3 is 5.69 Å². The summed E-state index contributed by atoms with van der Waals surface area (Å²) in [4.78, 5) is 35.7. The molecule has 10 nitrogen and oxygen atoms in total. The molecule has 0 amide bonds. The molecule has 10 heteroatoms. The number of aliphatic hydroxyl groups is 2. The summed E-state index contributed by atoms with van der Waals surface area (Å²) < 4.78 is 6.34. The largest absolute Gasteiger partial charge is 0.393 e. The number of aliphatic hydroxyl groups excluding tert-OH is 2. The zero-order chi connectivity index (χ0) is 15.8. The smallest absolute Gasteiger partial charge is 0.330 e. The summed E-state index contributed by atoms with van der Waals surface area (Å²) in [6.07, 6.45) is -1.37. The fourth-order valence-corrected chi connectivity index (χ4v) is 2.39. The summed E-state index contributed by atoms with van der Waals surface area (Å²) in [5.41, 5.74) is -2.98. The number of aromatic amines is 1. The molecule has 0 unspecified atom stereocenters. The third-order valence-corrected chi connectivity index (χ3v) is 3.71. The number of H-pyrrole nitrogens is 1. The summed E-state index contributed by atoms with van der Waals surface area (Å²) in [6, 6.07) is 0. The maximum absolute atomic E-state index is 11.8. The number of nitro groups is 1. The molecule has 1 fully saturated rings. The molecule has 1 aromatic heterocycles. The zero-order valence-corrected chi connectivity index (χ0v) is 11.2. The van der Waals surface area contributed by atoms with E-state index in [9.17, 15) is 29.9 Å². The van der Waals surface area contributed by atoms with Crippen molar-refractivity contribution < 1.29 is 19.9 Å². The van der Waals surface area contributed by atoms with Crippen LogP contribution in [0.25, 0.3) is 0 Å². The van der Waals surface area contributed by atoms with Crippen LogP contribution in [0.2, 0.25) is 0 Å². The summed E-state index contributed by atoms with van der Waals surface area (Å²) in [5, 5.41) is 29.8. The van der Waals surface area contributed by atoms with Gasteiger partial charge in [-0.25, -0.2) is 4.79 Å². The quantitative estimate of drug-likeness (QED) is 0.436. The van der Waals surface area contributed by atoms with Gasteiger partial charge in [-0.1, -0.05) is 0 Å². The van der Waals surface area contributed by atoms with Crippen LogP contribution in [0.5, 0.6) is 0 Å². The van der Waals surface area contributed by atoms with Crippen LogP contribution in [0.1, 0.15) is 18.2 Å². The molecular weight excluding hydrogens is 286 g/mol. The Bertz CT molecular complexity index is 667. The number of hydrogen-bond donors (Lipinski definition) is 3. The number of rotatable bonds is 4. The Balaban J connectivity index is 2.45. The van der Waals surface area contributed by atoms with Crippen LogP contribution in [0, 0.1) is 17.0 Å². The van der Waals surface area contributed by atoms with Gasteiger partial charge in [0.25, 0.3) is 11.1 Å². The van der Waals surface area contributed by atoms with Gasteiger partial charge in [-0.15, -0.1) is 0 Å². The second-order valence-electron chi connectivity index (χ2n) is 4.96. The Morgan fingerprint density at radius 3 is 2.71 bits per heavy atom. The summed E-state index contributed by atoms with van der Waals surface area (Å²) in [6.45, 7) is -0.0337. The van der Waals surface area contributed by atoms with E-state index in [-0.39, 0.29) is 12.0 Å². The summed E-state index contributed by atoms with van der Waals surface area (Å²) in [5.74, 6) is 0. The Morgan fingerprint density at radius 1 is 1.57 bits per heavy atom. The monoisotopic (exact) mass is 301 g/mol. The fourth-order valence-electron chi connectivity index (χ4n) is 2.39. The van der Waals surface area contributed by atoms with Crippen molar-refractivity contribution in [3.8, 4) is 0 Å². The van der Waals surface area contributed by atoms with E-state index in [1.807, 2.05) is 0 Å². The molecule has 0 bridgehead atoms. The minimum Gasteiger partial charge on any atom is -0.393 e. The van der Waals surface area contributed by atoms with Gasteiger partial charge in [-0.2, -0.15) is 0 Å². The summed E-state index contributed by atoms with van der Waals surface area (Å²) in [7, 11) is 0. The standard InChI is InChI=1S/C11H15N3O7/c1-6-3-13(10(18)12-9(6)17)8-2-11(5-16,14(19)20)7(4-15)21-8/h3,7-8,15-16H,2,4-5H2,1H3,(H,12,17,18)/t7-,8-,11-/m1/s1. The van der Waals surface area contributed by atoms with Crippen LogP contribution in [-0.2, 0) is 4.74 Å². The Hall–Kier alpha value is -2.04. The highest BCUT2D eigenvalue weighted by molar-refractivity contribution is 5.03. The number of aryl methyl sites for hydroxylation is 1. The molecular formula is C11H15N3O7. The first-order valence-corrected chi connectivity index (χ1v) is 6.19.